The highest BCUT2D eigenvalue weighted by molar-refractivity contribution is 9.10. The predicted octanol–water partition coefficient (Wildman–Crippen LogP) is 3.04. The average Bonchev–Trinajstić information content (AvgIpc) is 2.39. The number of halogens is 1. The number of rotatable bonds is 4. The van der Waals surface area contributed by atoms with E-state index < -0.39 is 0 Å². The van der Waals surface area contributed by atoms with E-state index in [2.05, 4.69) is 38.7 Å². The second-order valence-electron chi connectivity index (χ2n) is 4.33. The van der Waals surface area contributed by atoms with Gasteiger partial charge in [-0.3, -0.25) is 0 Å². The molecule has 0 amide bonds. The Labute approximate surface area is 116 Å². The summed E-state index contributed by atoms with van der Waals surface area (Å²) in [5, 5.41) is 15.6. The highest BCUT2D eigenvalue weighted by Gasteiger charge is 2.03. The molecule has 1 aliphatic rings. The SMILES string of the molecule is N#Cc1cc(Br)cc(NCCC2=CCNCC2)c1. The van der Waals surface area contributed by atoms with Crippen molar-refractivity contribution in [1.82, 2.24) is 5.32 Å². The van der Waals surface area contributed by atoms with Crippen molar-refractivity contribution in [2.24, 2.45) is 0 Å². The van der Waals surface area contributed by atoms with Crippen molar-refractivity contribution in [3.05, 3.63) is 39.9 Å². The number of nitrogens with one attached hydrogen (secondary N) is 2. The van der Waals surface area contributed by atoms with Crippen molar-refractivity contribution in [1.29, 1.82) is 5.26 Å². The van der Waals surface area contributed by atoms with Crippen LogP contribution in [-0.2, 0) is 0 Å². The number of nitrogens with zero attached hydrogens (tertiary/aromatic N) is 1. The van der Waals surface area contributed by atoms with Gasteiger partial charge in [-0.1, -0.05) is 27.6 Å². The summed E-state index contributed by atoms with van der Waals surface area (Å²) < 4.78 is 0.935. The van der Waals surface area contributed by atoms with Gasteiger partial charge in [0.05, 0.1) is 11.6 Å². The van der Waals surface area contributed by atoms with Gasteiger partial charge in [0.1, 0.15) is 0 Å². The van der Waals surface area contributed by atoms with Crippen LogP contribution in [0.1, 0.15) is 18.4 Å². The molecule has 0 saturated heterocycles. The molecule has 1 aliphatic heterocycles. The molecule has 0 fully saturated rings. The van der Waals surface area contributed by atoms with Crippen molar-refractivity contribution in [2.45, 2.75) is 12.8 Å². The lowest BCUT2D eigenvalue weighted by molar-refractivity contribution is 0.683. The predicted molar refractivity (Wildman–Crippen MR) is 77.5 cm³/mol. The van der Waals surface area contributed by atoms with Crippen molar-refractivity contribution in [3.8, 4) is 6.07 Å². The lowest BCUT2D eigenvalue weighted by Crippen LogP contribution is -2.21. The van der Waals surface area contributed by atoms with Crippen LogP contribution in [0.2, 0.25) is 0 Å². The normalized spacial score (nSPS) is 14.8. The summed E-state index contributed by atoms with van der Waals surface area (Å²) >= 11 is 3.41. The summed E-state index contributed by atoms with van der Waals surface area (Å²) in [5.74, 6) is 0. The first-order valence-corrected chi connectivity index (χ1v) is 6.90. The van der Waals surface area contributed by atoms with E-state index in [9.17, 15) is 0 Å². The van der Waals surface area contributed by atoms with Crippen LogP contribution >= 0.6 is 15.9 Å². The van der Waals surface area contributed by atoms with Gasteiger partial charge < -0.3 is 10.6 Å². The van der Waals surface area contributed by atoms with Crippen LogP contribution in [0, 0.1) is 11.3 Å². The topological polar surface area (TPSA) is 47.9 Å². The van der Waals surface area contributed by atoms with Crippen molar-refractivity contribution in [2.75, 3.05) is 25.0 Å². The molecule has 0 aliphatic carbocycles. The van der Waals surface area contributed by atoms with Gasteiger partial charge in [-0.2, -0.15) is 5.26 Å². The first kappa shape index (κ1) is 13.1. The monoisotopic (exact) mass is 305 g/mol. The number of anilines is 1. The van der Waals surface area contributed by atoms with Gasteiger partial charge in [-0.25, -0.2) is 0 Å². The number of benzene rings is 1. The van der Waals surface area contributed by atoms with Gasteiger partial charge in [0.2, 0.25) is 0 Å². The molecule has 0 saturated carbocycles. The third-order valence-corrected chi connectivity index (χ3v) is 3.42. The van der Waals surface area contributed by atoms with Gasteiger partial charge >= 0.3 is 0 Å². The van der Waals surface area contributed by atoms with E-state index in [4.69, 9.17) is 5.26 Å². The van der Waals surface area contributed by atoms with E-state index in [-0.39, 0.29) is 0 Å². The summed E-state index contributed by atoms with van der Waals surface area (Å²) in [6.45, 7) is 2.99. The van der Waals surface area contributed by atoms with Crippen LogP contribution in [0.15, 0.2) is 34.3 Å². The van der Waals surface area contributed by atoms with Crippen LogP contribution in [0.25, 0.3) is 0 Å². The molecule has 0 aromatic heterocycles. The smallest absolute Gasteiger partial charge is 0.0992 e. The molecule has 18 heavy (non-hydrogen) atoms. The Bertz CT molecular complexity index is 488. The Morgan fingerprint density at radius 2 is 2.28 bits per heavy atom. The van der Waals surface area contributed by atoms with Crippen LogP contribution < -0.4 is 10.6 Å². The van der Waals surface area contributed by atoms with E-state index >= 15 is 0 Å². The lowest BCUT2D eigenvalue weighted by Gasteiger charge is -2.14. The molecule has 1 aromatic carbocycles. The van der Waals surface area contributed by atoms with E-state index in [1.54, 1.807) is 0 Å². The fraction of sp³-hybridized carbons (Fsp3) is 0.357. The molecule has 94 valence electrons. The molecule has 0 radical (unpaired) electrons. The number of nitriles is 1. The summed E-state index contributed by atoms with van der Waals surface area (Å²) in [7, 11) is 0. The summed E-state index contributed by atoms with van der Waals surface area (Å²) in [5.41, 5.74) is 3.18. The third-order valence-electron chi connectivity index (χ3n) is 2.96. The van der Waals surface area contributed by atoms with Gasteiger partial charge in [0.25, 0.3) is 0 Å². The summed E-state index contributed by atoms with van der Waals surface area (Å²) in [4.78, 5) is 0. The maximum absolute atomic E-state index is 8.90. The zero-order valence-electron chi connectivity index (χ0n) is 10.2. The van der Waals surface area contributed by atoms with Crippen LogP contribution in [0.3, 0.4) is 0 Å². The molecular weight excluding hydrogens is 290 g/mol. The number of hydrogen-bond acceptors (Lipinski definition) is 3. The Hall–Kier alpha value is -1.31. The van der Waals surface area contributed by atoms with Crippen LogP contribution in [0.5, 0.6) is 0 Å². The second-order valence-corrected chi connectivity index (χ2v) is 5.25. The minimum atomic E-state index is 0.674. The zero-order chi connectivity index (χ0) is 12.8. The Balaban J connectivity index is 1.88. The maximum Gasteiger partial charge on any atom is 0.0992 e. The van der Waals surface area contributed by atoms with E-state index in [0.29, 0.717) is 5.56 Å². The average molecular weight is 306 g/mol. The molecule has 0 atom stereocenters. The van der Waals surface area contributed by atoms with E-state index in [1.807, 2.05) is 18.2 Å². The molecule has 2 N–H and O–H groups in total. The maximum atomic E-state index is 8.90. The van der Waals surface area contributed by atoms with Crippen molar-refractivity contribution < 1.29 is 0 Å². The van der Waals surface area contributed by atoms with Gasteiger partial charge in [0, 0.05) is 23.2 Å². The molecule has 4 heteroatoms. The van der Waals surface area contributed by atoms with Gasteiger partial charge in [-0.15, -0.1) is 0 Å². The Morgan fingerprint density at radius 3 is 3.00 bits per heavy atom. The summed E-state index contributed by atoms with van der Waals surface area (Å²) in [6, 6.07) is 7.85. The van der Waals surface area contributed by atoms with Gasteiger partial charge in [0.15, 0.2) is 0 Å². The minimum Gasteiger partial charge on any atom is -0.385 e. The number of hydrogen-bond donors (Lipinski definition) is 2. The van der Waals surface area contributed by atoms with E-state index in [0.717, 1.165) is 42.6 Å². The molecule has 0 spiro atoms. The Morgan fingerprint density at radius 1 is 1.39 bits per heavy atom. The molecule has 1 heterocycles. The fourth-order valence-electron chi connectivity index (χ4n) is 2.02. The standard InChI is InChI=1S/C14H16BrN3/c15-13-7-12(10-16)8-14(9-13)18-6-3-11-1-4-17-5-2-11/h1,7-9,17-18H,2-6H2. The summed E-state index contributed by atoms with van der Waals surface area (Å²) in [6.07, 6.45) is 4.48. The largest absolute Gasteiger partial charge is 0.385 e. The lowest BCUT2D eigenvalue weighted by atomic mass is 10.1. The first-order chi connectivity index (χ1) is 8.78. The van der Waals surface area contributed by atoms with Crippen LogP contribution in [-0.4, -0.2) is 19.6 Å². The zero-order valence-corrected chi connectivity index (χ0v) is 11.8. The first-order valence-electron chi connectivity index (χ1n) is 6.11. The quantitative estimate of drug-likeness (QED) is 0.841. The minimum absolute atomic E-state index is 0.674. The van der Waals surface area contributed by atoms with E-state index in [1.165, 1.54) is 5.57 Å². The fourth-order valence-corrected chi connectivity index (χ4v) is 2.51. The molecule has 2 rings (SSSR count). The molecule has 1 aromatic rings. The van der Waals surface area contributed by atoms with Crippen molar-refractivity contribution >= 4 is 21.6 Å². The highest BCUT2D eigenvalue weighted by Crippen LogP contribution is 2.19. The van der Waals surface area contributed by atoms with Crippen LogP contribution in [0.4, 0.5) is 5.69 Å². The third kappa shape index (κ3) is 3.86. The Kier molecular flexibility index (Phi) is 4.80. The second kappa shape index (κ2) is 6.58. The molecule has 0 bridgehead atoms. The molecule has 3 nitrogen and oxygen atoms in total. The highest BCUT2D eigenvalue weighted by atomic mass is 79.9. The molecule has 0 unspecified atom stereocenters. The van der Waals surface area contributed by atoms with Crippen molar-refractivity contribution in [3.63, 3.8) is 0 Å². The molecular formula is C14H16BrN3. The van der Waals surface area contributed by atoms with Gasteiger partial charge in [-0.05, 0) is 37.6 Å².